The largest absolute Gasteiger partial charge is 0.463 e. The Labute approximate surface area is 203 Å². The molecule has 0 unspecified atom stereocenters. The second-order valence-electron chi connectivity index (χ2n) is 7.35. The number of esters is 2. The van der Waals surface area contributed by atoms with Crippen LogP contribution in [0, 0.1) is 0 Å². The van der Waals surface area contributed by atoms with Crippen LogP contribution in [0.3, 0.4) is 0 Å². The number of anilines is 1. The first-order chi connectivity index (χ1) is 16.0. The van der Waals surface area contributed by atoms with Crippen LogP contribution >= 0.6 is 15.9 Å². The summed E-state index contributed by atoms with van der Waals surface area (Å²) in [5.41, 5.74) is 5.25. The summed E-state index contributed by atoms with van der Waals surface area (Å²) in [7, 11) is -4.23. The smallest absolute Gasteiger partial charge is 0.351 e. The van der Waals surface area contributed by atoms with E-state index in [0.717, 1.165) is 18.4 Å². The Balaban J connectivity index is 1.99. The van der Waals surface area contributed by atoms with Gasteiger partial charge >= 0.3 is 17.6 Å². The summed E-state index contributed by atoms with van der Waals surface area (Å²) >= 11 is 3.16. The maximum absolute atomic E-state index is 12.8. The zero-order valence-electron chi connectivity index (χ0n) is 18.1. The van der Waals surface area contributed by atoms with Crippen molar-refractivity contribution in [3.05, 3.63) is 57.0 Å². The molecule has 14 heteroatoms. The van der Waals surface area contributed by atoms with Gasteiger partial charge in [0.25, 0.3) is 10.1 Å². The number of aromatic nitrogens is 2. The van der Waals surface area contributed by atoms with Crippen LogP contribution in [0.1, 0.15) is 25.6 Å². The molecule has 184 valence electrons. The Bertz CT molecular complexity index is 1220. The molecule has 1 aliphatic rings. The van der Waals surface area contributed by atoms with Gasteiger partial charge in [0.15, 0.2) is 12.3 Å². The first-order valence-corrected chi connectivity index (χ1v) is 12.3. The van der Waals surface area contributed by atoms with Crippen LogP contribution < -0.4 is 11.4 Å². The van der Waals surface area contributed by atoms with Crippen LogP contribution in [0.4, 0.5) is 5.82 Å². The average molecular weight is 560 g/mol. The lowest BCUT2D eigenvalue weighted by Gasteiger charge is -2.24. The van der Waals surface area contributed by atoms with Crippen molar-refractivity contribution in [1.29, 1.82) is 0 Å². The summed E-state index contributed by atoms with van der Waals surface area (Å²) in [6.07, 6.45) is -4.13. The number of hydrogen-bond donors (Lipinski definition) is 1. The zero-order valence-corrected chi connectivity index (χ0v) is 20.5. The minimum absolute atomic E-state index is 0.0852. The highest BCUT2D eigenvalue weighted by atomic mass is 79.9. The van der Waals surface area contributed by atoms with E-state index >= 15 is 0 Å². The fourth-order valence-electron chi connectivity index (χ4n) is 3.32. The van der Waals surface area contributed by atoms with Crippen LogP contribution in [-0.4, -0.2) is 54.8 Å². The van der Waals surface area contributed by atoms with Gasteiger partial charge in [0.2, 0.25) is 0 Å². The van der Waals surface area contributed by atoms with Crippen molar-refractivity contribution in [3.63, 3.8) is 0 Å². The molecule has 0 bridgehead atoms. The molecule has 0 amide bonds. The molecule has 1 fully saturated rings. The predicted molar refractivity (Wildman–Crippen MR) is 121 cm³/mol. The number of ether oxygens (including phenoxy) is 3. The van der Waals surface area contributed by atoms with Crippen LogP contribution in [0.2, 0.25) is 0 Å². The number of halogens is 1. The Morgan fingerprint density at radius 2 is 1.85 bits per heavy atom. The molecule has 12 nitrogen and oxygen atoms in total. The normalized spacial score (nSPS) is 22.3. The first-order valence-electron chi connectivity index (χ1n) is 9.92. The lowest BCUT2D eigenvalue weighted by Crippen LogP contribution is -2.42. The molecule has 2 heterocycles. The molecule has 0 spiro atoms. The highest BCUT2D eigenvalue weighted by Gasteiger charge is 2.51. The monoisotopic (exact) mass is 559 g/mol. The van der Waals surface area contributed by atoms with E-state index in [4.69, 9.17) is 24.1 Å². The fraction of sp³-hybridized carbons (Fsp3) is 0.400. The van der Waals surface area contributed by atoms with E-state index in [1.165, 1.54) is 6.20 Å². The molecule has 0 saturated carbocycles. The number of carbonyl (C=O) groups is 2. The molecular formula is C20H22BrN3O9S. The topological polar surface area (TPSA) is 166 Å². The van der Waals surface area contributed by atoms with Crippen molar-refractivity contribution in [1.82, 2.24) is 9.55 Å². The maximum atomic E-state index is 12.8. The van der Waals surface area contributed by atoms with Gasteiger partial charge in [0.1, 0.15) is 30.4 Å². The first kappa shape index (κ1) is 25.8. The zero-order chi connectivity index (χ0) is 25.0. The molecule has 3 rings (SSSR count). The number of carbonyl (C=O) groups excluding carboxylic acids is 2. The van der Waals surface area contributed by atoms with E-state index < -0.39 is 64.6 Å². The van der Waals surface area contributed by atoms with Gasteiger partial charge in [0, 0.05) is 20.0 Å². The summed E-state index contributed by atoms with van der Waals surface area (Å²) in [6.45, 7) is 1.84. The molecule has 1 saturated heterocycles. The summed E-state index contributed by atoms with van der Waals surface area (Å²) in [5, 5.41) is 0. The molecule has 2 aromatic rings. The fourth-order valence-corrected chi connectivity index (χ4v) is 4.87. The van der Waals surface area contributed by atoms with Crippen molar-refractivity contribution in [2.75, 3.05) is 12.3 Å². The van der Waals surface area contributed by atoms with Gasteiger partial charge in [-0.2, -0.15) is 13.4 Å². The van der Waals surface area contributed by atoms with Crippen molar-refractivity contribution < 1.29 is 36.4 Å². The van der Waals surface area contributed by atoms with Crippen molar-refractivity contribution in [2.24, 2.45) is 0 Å². The Hall–Kier alpha value is -2.81. The molecule has 0 radical (unpaired) electrons. The number of rotatable bonds is 8. The minimum Gasteiger partial charge on any atom is -0.463 e. The molecule has 1 aliphatic heterocycles. The summed E-state index contributed by atoms with van der Waals surface area (Å²) in [6, 6.07) is 8.28. The van der Waals surface area contributed by atoms with Gasteiger partial charge in [-0.05, 0) is 21.5 Å². The molecule has 0 aliphatic carbocycles. The Morgan fingerprint density at radius 3 is 2.47 bits per heavy atom. The van der Waals surface area contributed by atoms with Crippen molar-refractivity contribution >= 4 is 43.8 Å². The highest BCUT2D eigenvalue weighted by molar-refractivity contribution is 9.10. The maximum Gasteiger partial charge on any atom is 0.351 e. The van der Waals surface area contributed by atoms with Crippen molar-refractivity contribution in [3.8, 4) is 0 Å². The van der Waals surface area contributed by atoms with Crippen molar-refractivity contribution in [2.45, 2.75) is 44.1 Å². The third kappa shape index (κ3) is 6.40. The number of nitrogens with two attached hydrogens (primary N) is 1. The lowest BCUT2D eigenvalue weighted by molar-refractivity contribution is -0.155. The third-order valence-corrected chi connectivity index (χ3v) is 6.50. The second kappa shape index (κ2) is 10.6. The van der Waals surface area contributed by atoms with E-state index in [-0.39, 0.29) is 10.3 Å². The summed E-state index contributed by atoms with van der Waals surface area (Å²) in [4.78, 5) is 39.4. The van der Waals surface area contributed by atoms with Gasteiger partial charge in [-0.15, -0.1) is 0 Å². The van der Waals surface area contributed by atoms with Crippen LogP contribution in [0.15, 0.2) is 45.8 Å². The average Bonchev–Trinajstić information content (AvgIpc) is 3.05. The van der Waals surface area contributed by atoms with Gasteiger partial charge in [-0.1, -0.05) is 30.3 Å². The number of nitrogens with zero attached hydrogens (tertiary/aromatic N) is 2. The van der Waals surface area contributed by atoms with E-state index in [9.17, 15) is 22.8 Å². The standard InChI is InChI=1S/C20H22BrN3O9S/c1-11(25)30-9-15-16(33-34(28,29)10-13-6-4-3-5-7-13)17(31-12(2)26)19(32-15)24-8-14(21)18(22)23-20(24)27/h3-8,15-17,19H,9-10H2,1-2H3,(H2,22,23,27)/t15-,16+,17-,19-/m1/s1. The van der Waals surface area contributed by atoms with Gasteiger partial charge in [0.05, 0.1) is 4.47 Å². The van der Waals surface area contributed by atoms with Gasteiger partial charge in [-0.3, -0.25) is 18.3 Å². The predicted octanol–water partition coefficient (Wildman–Crippen LogP) is 0.895. The minimum atomic E-state index is -4.23. The van der Waals surface area contributed by atoms with E-state index in [1.54, 1.807) is 30.3 Å². The van der Waals surface area contributed by atoms with Gasteiger partial charge in [-0.25, -0.2) is 4.79 Å². The molecule has 4 atom stereocenters. The van der Waals surface area contributed by atoms with E-state index in [0.29, 0.717) is 5.56 Å². The number of hydrogen-bond acceptors (Lipinski definition) is 11. The quantitative estimate of drug-likeness (QED) is 0.360. The second-order valence-corrected chi connectivity index (χ2v) is 9.80. The molecular weight excluding hydrogens is 538 g/mol. The van der Waals surface area contributed by atoms with Crippen LogP contribution in [-0.2, 0) is 43.9 Å². The molecule has 34 heavy (non-hydrogen) atoms. The summed E-state index contributed by atoms with van der Waals surface area (Å²) in [5.74, 6) is -2.00. The third-order valence-electron chi connectivity index (χ3n) is 4.69. The van der Waals surface area contributed by atoms with Crippen LogP contribution in [0.25, 0.3) is 0 Å². The molecule has 2 N–H and O–H groups in total. The SMILES string of the molecule is CC(=O)OC[C@H]1O[C@@H](n2cc(Br)c(N)nc2=O)[C@H](OC(C)=O)[C@H]1OS(=O)(=O)Cc1ccccc1. The Kier molecular flexibility index (Phi) is 8.07. The van der Waals surface area contributed by atoms with E-state index in [2.05, 4.69) is 20.9 Å². The lowest BCUT2D eigenvalue weighted by atomic mass is 10.1. The molecule has 1 aromatic carbocycles. The number of nitrogen functional groups attached to an aromatic ring is 1. The molecule has 1 aromatic heterocycles. The van der Waals surface area contributed by atoms with Gasteiger partial charge < -0.3 is 19.9 Å². The van der Waals surface area contributed by atoms with E-state index in [1.807, 2.05) is 0 Å². The Morgan fingerprint density at radius 1 is 1.18 bits per heavy atom. The number of benzene rings is 1. The highest BCUT2D eigenvalue weighted by Crippen LogP contribution is 2.35. The summed E-state index contributed by atoms with van der Waals surface area (Å²) < 4.78 is 48.5. The van der Waals surface area contributed by atoms with Crippen LogP contribution in [0.5, 0.6) is 0 Å².